The van der Waals surface area contributed by atoms with Crippen LogP contribution in [0.15, 0.2) is 102 Å². The van der Waals surface area contributed by atoms with E-state index in [4.69, 9.17) is 14.2 Å². The molecule has 49 heavy (non-hydrogen) atoms. The van der Waals surface area contributed by atoms with Crippen molar-refractivity contribution in [2.45, 2.75) is 57.6 Å². The van der Waals surface area contributed by atoms with Gasteiger partial charge in [0.05, 0.1) is 31.4 Å². The van der Waals surface area contributed by atoms with E-state index in [2.05, 4.69) is 5.32 Å². The van der Waals surface area contributed by atoms with Gasteiger partial charge in [0, 0.05) is 25.1 Å². The van der Waals surface area contributed by atoms with Crippen molar-refractivity contribution in [3.05, 3.63) is 114 Å². The fourth-order valence-corrected chi connectivity index (χ4v) is 6.88. The van der Waals surface area contributed by atoms with Crippen molar-refractivity contribution in [1.82, 2.24) is 10.2 Å². The number of anilines is 1. The lowest BCUT2D eigenvalue weighted by atomic mass is 10.0. The normalized spacial score (nSPS) is 11.8. The number of rotatable bonds is 16. The van der Waals surface area contributed by atoms with E-state index in [1.165, 1.54) is 37.3 Å². The van der Waals surface area contributed by atoms with E-state index in [1.807, 2.05) is 82.3 Å². The van der Waals surface area contributed by atoms with Gasteiger partial charge in [0.15, 0.2) is 11.5 Å². The van der Waals surface area contributed by atoms with E-state index < -0.39 is 28.5 Å². The third-order valence-corrected chi connectivity index (χ3v) is 9.56. The van der Waals surface area contributed by atoms with Gasteiger partial charge in [0.2, 0.25) is 11.8 Å². The fraction of sp³-hybridized carbons (Fsp3) is 0.316. The van der Waals surface area contributed by atoms with Crippen molar-refractivity contribution in [2.24, 2.45) is 0 Å². The summed E-state index contributed by atoms with van der Waals surface area (Å²) in [7, 11) is -1.48. The molecule has 0 saturated carbocycles. The predicted octanol–water partition coefficient (Wildman–Crippen LogP) is 5.77. The van der Waals surface area contributed by atoms with Crippen molar-refractivity contribution in [1.29, 1.82) is 0 Å². The van der Waals surface area contributed by atoms with Gasteiger partial charge in [-0.2, -0.15) is 0 Å². The summed E-state index contributed by atoms with van der Waals surface area (Å²) < 4.78 is 46.3. The van der Waals surface area contributed by atoms with E-state index in [0.29, 0.717) is 18.1 Å². The first kappa shape index (κ1) is 36.8. The fourth-order valence-electron chi connectivity index (χ4n) is 5.45. The smallest absolute Gasteiger partial charge is 0.264 e. The van der Waals surface area contributed by atoms with Crippen LogP contribution in [0.3, 0.4) is 0 Å². The summed E-state index contributed by atoms with van der Waals surface area (Å²) in [5.74, 6) is 0.232. The standard InChI is InChI=1S/C38H45N3O7S/c1-7-48-32-18-16-31(17-19-32)41(49(44,45)33-20-21-35(46-5)36(24-33)47-6)26-37(42)40(25-30-15-11-12-28(4)22-30)34(38(43)39-27(2)3)23-29-13-9-8-10-14-29/h8-22,24,27,34H,7,23,25-26H2,1-6H3,(H,39,43)/t34-/m1/s1. The summed E-state index contributed by atoms with van der Waals surface area (Å²) in [4.78, 5) is 29.9. The molecule has 1 N–H and O–H groups in total. The van der Waals surface area contributed by atoms with Crippen LogP contribution in [0.25, 0.3) is 0 Å². The van der Waals surface area contributed by atoms with E-state index in [0.717, 1.165) is 21.0 Å². The molecule has 0 aliphatic heterocycles. The minimum Gasteiger partial charge on any atom is -0.494 e. The summed E-state index contributed by atoms with van der Waals surface area (Å²) >= 11 is 0. The second-order valence-electron chi connectivity index (χ2n) is 11.8. The first-order valence-electron chi connectivity index (χ1n) is 16.1. The molecule has 10 nitrogen and oxygen atoms in total. The maximum absolute atomic E-state index is 14.7. The number of carbonyl (C=O) groups is 2. The summed E-state index contributed by atoms with van der Waals surface area (Å²) in [6.07, 6.45) is 0.225. The number of sulfonamides is 1. The quantitative estimate of drug-likeness (QED) is 0.159. The monoisotopic (exact) mass is 687 g/mol. The Morgan fingerprint density at radius 1 is 0.816 bits per heavy atom. The Morgan fingerprint density at radius 2 is 1.49 bits per heavy atom. The molecule has 260 valence electrons. The molecule has 2 amide bonds. The minimum absolute atomic E-state index is 0.0804. The third kappa shape index (κ3) is 9.54. The number of nitrogens with zero attached hydrogens (tertiary/aromatic N) is 2. The highest BCUT2D eigenvalue weighted by molar-refractivity contribution is 7.92. The van der Waals surface area contributed by atoms with Gasteiger partial charge >= 0.3 is 0 Å². The SMILES string of the molecule is CCOc1ccc(N(CC(=O)N(Cc2cccc(C)c2)[C@H](Cc2ccccc2)C(=O)NC(C)C)S(=O)(=O)c2ccc(OC)c(OC)c2)cc1. The van der Waals surface area contributed by atoms with Crippen LogP contribution in [0.2, 0.25) is 0 Å². The lowest BCUT2D eigenvalue weighted by Gasteiger charge is -2.34. The summed E-state index contributed by atoms with van der Waals surface area (Å²) in [6, 6.07) is 26.7. The van der Waals surface area contributed by atoms with Gasteiger partial charge in [-0.3, -0.25) is 13.9 Å². The molecular weight excluding hydrogens is 642 g/mol. The molecule has 0 aromatic heterocycles. The Balaban J connectivity index is 1.84. The molecular formula is C38H45N3O7S. The molecule has 4 rings (SSSR count). The molecule has 11 heteroatoms. The van der Waals surface area contributed by atoms with Gasteiger partial charge in [0.1, 0.15) is 18.3 Å². The van der Waals surface area contributed by atoms with Crippen molar-refractivity contribution in [2.75, 3.05) is 31.7 Å². The number of nitrogens with one attached hydrogen (secondary N) is 1. The molecule has 4 aromatic rings. The Bertz CT molecular complexity index is 1810. The maximum Gasteiger partial charge on any atom is 0.264 e. The Morgan fingerprint density at radius 3 is 2.10 bits per heavy atom. The molecule has 4 aromatic carbocycles. The number of hydrogen-bond acceptors (Lipinski definition) is 7. The zero-order chi connectivity index (χ0) is 35.6. The molecule has 0 fully saturated rings. The number of methoxy groups -OCH3 is 2. The van der Waals surface area contributed by atoms with E-state index in [9.17, 15) is 18.0 Å². The highest BCUT2D eigenvalue weighted by atomic mass is 32.2. The van der Waals surface area contributed by atoms with Gasteiger partial charge in [-0.05, 0) is 75.2 Å². The van der Waals surface area contributed by atoms with E-state index >= 15 is 0 Å². The number of amides is 2. The zero-order valence-corrected chi connectivity index (χ0v) is 29.7. The molecule has 0 unspecified atom stereocenters. The molecule has 0 radical (unpaired) electrons. The third-order valence-electron chi connectivity index (χ3n) is 7.80. The van der Waals surface area contributed by atoms with Gasteiger partial charge in [-0.1, -0.05) is 60.2 Å². The Kier molecular flexibility index (Phi) is 12.7. The average Bonchev–Trinajstić information content (AvgIpc) is 3.09. The predicted molar refractivity (Wildman–Crippen MR) is 191 cm³/mol. The molecule has 0 saturated heterocycles. The van der Waals surface area contributed by atoms with Gasteiger partial charge < -0.3 is 24.4 Å². The summed E-state index contributed by atoms with van der Waals surface area (Å²) in [5, 5.41) is 2.97. The number of ether oxygens (including phenoxy) is 3. The van der Waals surface area contributed by atoms with Gasteiger partial charge in [-0.15, -0.1) is 0 Å². The average molecular weight is 688 g/mol. The van der Waals surface area contributed by atoms with Crippen molar-refractivity contribution >= 4 is 27.5 Å². The van der Waals surface area contributed by atoms with Crippen LogP contribution in [0.5, 0.6) is 17.2 Å². The highest BCUT2D eigenvalue weighted by Crippen LogP contribution is 2.33. The molecule has 0 bridgehead atoms. The number of hydrogen-bond donors (Lipinski definition) is 1. The molecule has 0 spiro atoms. The van der Waals surface area contributed by atoms with Gasteiger partial charge in [-0.25, -0.2) is 8.42 Å². The first-order valence-corrected chi connectivity index (χ1v) is 17.6. The van der Waals surface area contributed by atoms with Crippen LogP contribution >= 0.6 is 0 Å². The maximum atomic E-state index is 14.7. The summed E-state index contributed by atoms with van der Waals surface area (Å²) in [5.41, 5.74) is 2.89. The van der Waals surface area contributed by atoms with E-state index in [1.54, 1.807) is 24.3 Å². The van der Waals surface area contributed by atoms with Gasteiger partial charge in [0.25, 0.3) is 10.0 Å². The van der Waals surface area contributed by atoms with Crippen molar-refractivity contribution in [3.63, 3.8) is 0 Å². The molecule has 0 aliphatic rings. The second-order valence-corrected chi connectivity index (χ2v) is 13.7. The lowest BCUT2D eigenvalue weighted by Crippen LogP contribution is -2.54. The van der Waals surface area contributed by atoms with Crippen LogP contribution in [0, 0.1) is 6.92 Å². The largest absolute Gasteiger partial charge is 0.494 e. The second kappa shape index (κ2) is 16.9. The van der Waals surface area contributed by atoms with E-state index in [-0.39, 0.29) is 41.2 Å². The minimum atomic E-state index is -4.36. The van der Waals surface area contributed by atoms with Crippen molar-refractivity contribution in [3.8, 4) is 17.2 Å². The molecule has 1 atom stereocenters. The van der Waals surface area contributed by atoms with Crippen LogP contribution < -0.4 is 23.8 Å². The Labute approximate surface area is 289 Å². The number of benzene rings is 4. The number of carbonyl (C=O) groups excluding carboxylic acids is 2. The first-order chi connectivity index (χ1) is 23.5. The topological polar surface area (TPSA) is 114 Å². The van der Waals surface area contributed by atoms with Crippen LogP contribution in [-0.4, -0.2) is 64.6 Å². The highest BCUT2D eigenvalue weighted by Gasteiger charge is 2.35. The zero-order valence-electron chi connectivity index (χ0n) is 28.9. The molecule has 0 aliphatic carbocycles. The van der Waals surface area contributed by atoms with Crippen LogP contribution in [0.1, 0.15) is 37.5 Å². The Hall–Kier alpha value is -5.03. The van der Waals surface area contributed by atoms with Crippen molar-refractivity contribution < 1.29 is 32.2 Å². The van der Waals surface area contributed by atoms with Crippen LogP contribution in [0.4, 0.5) is 5.69 Å². The summed E-state index contributed by atoms with van der Waals surface area (Å²) in [6.45, 7) is 7.44. The van der Waals surface area contributed by atoms with Crippen LogP contribution in [-0.2, 0) is 32.6 Å². The molecule has 0 heterocycles. The number of aryl methyl sites for hydroxylation is 1. The lowest BCUT2D eigenvalue weighted by molar-refractivity contribution is -0.140.